The third kappa shape index (κ3) is 4.18. The van der Waals surface area contributed by atoms with Gasteiger partial charge in [0.25, 0.3) is 0 Å². The Morgan fingerprint density at radius 1 is 1.17 bits per heavy atom. The lowest BCUT2D eigenvalue weighted by molar-refractivity contribution is -0.127. The molecule has 0 bridgehead atoms. The standard InChI is InChI=1S/C17H18N2O3S/c20-15(16-4-1-11-22-16)13-18-7-9-19(10-8-18)17(21)6-5-14-3-2-12-23-14/h1-6,11-12H,7-10,13H2/b6-5+. The number of ketones is 1. The minimum atomic E-state index is -0.0210. The number of thiophene rings is 1. The van der Waals surface area contributed by atoms with Gasteiger partial charge in [0, 0.05) is 37.1 Å². The molecule has 0 unspecified atom stereocenters. The summed E-state index contributed by atoms with van der Waals surface area (Å²) in [6, 6.07) is 7.33. The Labute approximate surface area is 138 Å². The highest BCUT2D eigenvalue weighted by Gasteiger charge is 2.22. The first-order chi connectivity index (χ1) is 11.2. The number of piperazine rings is 1. The van der Waals surface area contributed by atoms with E-state index in [0.717, 1.165) is 4.88 Å². The van der Waals surface area contributed by atoms with E-state index in [1.54, 1.807) is 29.5 Å². The average Bonchev–Trinajstić information content (AvgIpc) is 3.26. The molecule has 1 aliphatic rings. The number of nitrogens with zero attached hydrogens (tertiary/aromatic N) is 2. The fourth-order valence-corrected chi connectivity index (χ4v) is 3.11. The minimum absolute atomic E-state index is 0.0210. The molecule has 0 radical (unpaired) electrons. The summed E-state index contributed by atoms with van der Waals surface area (Å²) in [4.78, 5) is 29.1. The van der Waals surface area contributed by atoms with Crippen molar-refractivity contribution < 1.29 is 14.0 Å². The van der Waals surface area contributed by atoms with Crippen LogP contribution in [-0.2, 0) is 4.79 Å². The molecule has 3 heterocycles. The van der Waals surface area contributed by atoms with Gasteiger partial charge in [-0.05, 0) is 29.7 Å². The van der Waals surface area contributed by atoms with Crippen LogP contribution in [0.5, 0.6) is 0 Å². The van der Waals surface area contributed by atoms with Crippen molar-refractivity contribution in [3.63, 3.8) is 0 Å². The molecule has 1 amide bonds. The smallest absolute Gasteiger partial charge is 0.246 e. The number of rotatable bonds is 5. The molecule has 1 aliphatic heterocycles. The molecule has 0 saturated carbocycles. The van der Waals surface area contributed by atoms with E-state index in [0.29, 0.717) is 38.5 Å². The molecule has 1 fully saturated rings. The molecule has 0 spiro atoms. The van der Waals surface area contributed by atoms with E-state index < -0.39 is 0 Å². The van der Waals surface area contributed by atoms with Gasteiger partial charge in [-0.15, -0.1) is 11.3 Å². The van der Waals surface area contributed by atoms with Gasteiger partial charge in [0.2, 0.25) is 11.7 Å². The average molecular weight is 330 g/mol. The van der Waals surface area contributed by atoms with Crippen molar-refractivity contribution >= 4 is 29.1 Å². The van der Waals surface area contributed by atoms with E-state index in [-0.39, 0.29) is 11.7 Å². The molecule has 120 valence electrons. The number of hydrogen-bond acceptors (Lipinski definition) is 5. The molecule has 6 heteroatoms. The number of furan rings is 1. The van der Waals surface area contributed by atoms with Crippen molar-refractivity contribution in [3.05, 3.63) is 52.6 Å². The van der Waals surface area contributed by atoms with Crippen molar-refractivity contribution in [3.8, 4) is 0 Å². The van der Waals surface area contributed by atoms with Crippen LogP contribution in [0.4, 0.5) is 0 Å². The quantitative estimate of drug-likeness (QED) is 0.624. The lowest BCUT2D eigenvalue weighted by Gasteiger charge is -2.33. The number of Topliss-reactive ketones (excluding diaryl/α,β-unsaturated/α-hetero) is 1. The molecule has 1 saturated heterocycles. The number of carbonyl (C=O) groups is 2. The third-order valence-electron chi connectivity index (χ3n) is 3.78. The van der Waals surface area contributed by atoms with Crippen LogP contribution in [0.3, 0.4) is 0 Å². The largest absolute Gasteiger partial charge is 0.461 e. The highest BCUT2D eigenvalue weighted by atomic mass is 32.1. The molecule has 3 rings (SSSR count). The van der Waals surface area contributed by atoms with Crippen LogP contribution in [0, 0.1) is 0 Å². The van der Waals surface area contributed by atoms with Gasteiger partial charge in [0.15, 0.2) is 5.76 Å². The van der Waals surface area contributed by atoms with E-state index >= 15 is 0 Å². The van der Waals surface area contributed by atoms with Crippen LogP contribution in [0.2, 0.25) is 0 Å². The fraction of sp³-hybridized carbons (Fsp3) is 0.294. The van der Waals surface area contributed by atoms with Gasteiger partial charge in [0.05, 0.1) is 12.8 Å². The van der Waals surface area contributed by atoms with Crippen molar-refractivity contribution in [2.24, 2.45) is 0 Å². The molecule has 5 nitrogen and oxygen atoms in total. The van der Waals surface area contributed by atoms with Gasteiger partial charge in [-0.2, -0.15) is 0 Å². The number of carbonyl (C=O) groups excluding carboxylic acids is 2. The number of amides is 1. The van der Waals surface area contributed by atoms with Gasteiger partial charge in [-0.3, -0.25) is 14.5 Å². The maximum atomic E-state index is 12.2. The van der Waals surface area contributed by atoms with Crippen molar-refractivity contribution in [2.45, 2.75) is 0 Å². The second-order valence-electron chi connectivity index (χ2n) is 5.35. The van der Waals surface area contributed by atoms with Crippen molar-refractivity contribution in [1.29, 1.82) is 0 Å². The summed E-state index contributed by atoms with van der Waals surface area (Å²) >= 11 is 1.61. The Bertz CT molecular complexity index is 669. The Hall–Kier alpha value is -2.18. The van der Waals surface area contributed by atoms with Gasteiger partial charge >= 0.3 is 0 Å². The first kappa shape index (κ1) is 15.7. The van der Waals surface area contributed by atoms with Gasteiger partial charge < -0.3 is 9.32 Å². The van der Waals surface area contributed by atoms with E-state index in [9.17, 15) is 9.59 Å². The summed E-state index contributed by atoms with van der Waals surface area (Å²) in [6.07, 6.45) is 4.97. The molecule has 0 aliphatic carbocycles. The monoisotopic (exact) mass is 330 g/mol. The Balaban J connectivity index is 1.46. The second-order valence-corrected chi connectivity index (χ2v) is 6.33. The minimum Gasteiger partial charge on any atom is -0.461 e. The van der Waals surface area contributed by atoms with E-state index in [1.165, 1.54) is 6.26 Å². The molecule has 0 aromatic carbocycles. The normalized spacial score (nSPS) is 16.1. The van der Waals surface area contributed by atoms with E-state index in [4.69, 9.17) is 4.42 Å². The third-order valence-corrected chi connectivity index (χ3v) is 4.62. The second kappa shape index (κ2) is 7.39. The Morgan fingerprint density at radius 2 is 2.00 bits per heavy atom. The predicted molar refractivity (Wildman–Crippen MR) is 89.4 cm³/mol. The van der Waals surface area contributed by atoms with Gasteiger partial charge in [-0.25, -0.2) is 0 Å². The van der Waals surface area contributed by atoms with Crippen LogP contribution in [0.15, 0.2) is 46.4 Å². The zero-order valence-electron chi connectivity index (χ0n) is 12.7. The Kier molecular flexibility index (Phi) is 5.05. The molecular weight excluding hydrogens is 312 g/mol. The summed E-state index contributed by atoms with van der Waals surface area (Å²) in [5.41, 5.74) is 0. The summed E-state index contributed by atoms with van der Waals surface area (Å²) in [5.74, 6) is 0.394. The van der Waals surface area contributed by atoms with E-state index in [1.807, 2.05) is 28.5 Å². The molecule has 0 atom stereocenters. The maximum Gasteiger partial charge on any atom is 0.246 e. The lowest BCUT2D eigenvalue weighted by Crippen LogP contribution is -2.49. The molecule has 2 aromatic rings. The fourth-order valence-electron chi connectivity index (χ4n) is 2.49. The topological polar surface area (TPSA) is 53.8 Å². The lowest BCUT2D eigenvalue weighted by atomic mass is 10.2. The summed E-state index contributed by atoms with van der Waals surface area (Å²) in [6.45, 7) is 3.01. The first-order valence-corrected chi connectivity index (χ1v) is 8.40. The van der Waals surface area contributed by atoms with Crippen LogP contribution >= 0.6 is 11.3 Å². The molecular formula is C17H18N2O3S. The van der Waals surface area contributed by atoms with Crippen LogP contribution in [-0.4, -0.2) is 54.2 Å². The number of hydrogen-bond donors (Lipinski definition) is 0. The van der Waals surface area contributed by atoms with Crippen molar-refractivity contribution in [1.82, 2.24) is 9.80 Å². The van der Waals surface area contributed by atoms with Crippen LogP contribution in [0.1, 0.15) is 15.4 Å². The Morgan fingerprint density at radius 3 is 2.65 bits per heavy atom. The maximum absolute atomic E-state index is 12.2. The highest BCUT2D eigenvalue weighted by Crippen LogP contribution is 2.11. The van der Waals surface area contributed by atoms with Crippen molar-refractivity contribution in [2.75, 3.05) is 32.7 Å². The van der Waals surface area contributed by atoms with Gasteiger partial charge in [0.1, 0.15) is 0 Å². The first-order valence-electron chi connectivity index (χ1n) is 7.52. The molecule has 23 heavy (non-hydrogen) atoms. The summed E-state index contributed by atoms with van der Waals surface area (Å²) in [5, 5.41) is 1.99. The molecule has 0 N–H and O–H groups in total. The van der Waals surface area contributed by atoms with E-state index in [2.05, 4.69) is 4.90 Å². The zero-order chi connectivity index (χ0) is 16.1. The SMILES string of the molecule is O=C(CN1CCN(C(=O)/C=C/c2cccs2)CC1)c1ccco1. The van der Waals surface area contributed by atoms with Gasteiger partial charge in [-0.1, -0.05) is 6.07 Å². The molecule has 2 aromatic heterocycles. The zero-order valence-corrected chi connectivity index (χ0v) is 13.5. The van der Waals surface area contributed by atoms with Crippen LogP contribution < -0.4 is 0 Å². The van der Waals surface area contributed by atoms with Crippen LogP contribution in [0.25, 0.3) is 6.08 Å². The summed E-state index contributed by atoms with van der Waals surface area (Å²) in [7, 11) is 0. The predicted octanol–water partition coefficient (Wildman–Crippen LogP) is 2.38. The summed E-state index contributed by atoms with van der Waals surface area (Å²) < 4.78 is 5.11. The highest BCUT2D eigenvalue weighted by molar-refractivity contribution is 7.10.